The van der Waals surface area contributed by atoms with Gasteiger partial charge in [-0.3, -0.25) is 19.0 Å². The summed E-state index contributed by atoms with van der Waals surface area (Å²) in [4.78, 5) is 40.9. The first-order valence-corrected chi connectivity index (χ1v) is 14.3. The highest BCUT2D eigenvalue weighted by atomic mass is 79.9. The van der Waals surface area contributed by atoms with Gasteiger partial charge in [-0.2, -0.15) is 8.42 Å². The lowest BCUT2D eigenvalue weighted by molar-refractivity contribution is -0.216. The second kappa shape index (κ2) is 10.0. The first-order chi connectivity index (χ1) is 17.3. The van der Waals surface area contributed by atoms with Crippen molar-refractivity contribution in [3.8, 4) is 0 Å². The lowest BCUT2D eigenvalue weighted by atomic mass is 9.91. The zero-order valence-corrected chi connectivity index (χ0v) is 23.3. The molecule has 0 unspecified atom stereocenters. The van der Waals surface area contributed by atoms with E-state index in [1.165, 1.54) is 48.0 Å². The smallest absolute Gasteiger partial charge is 0.361 e. The van der Waals surface area contributed by atoms with Crippen LogP contribution in [0.2, 0.25) is 0 Å². The molecule has 0 spiro atoms. The molecular weight excluding hydrogens is 588 g/mol. The van der Waals surface area contributed by atoms with Gasteiger partial charge < -0.3 is 14.8 Å². The Morgan fingerprint density at radius 3 is 2.35 bits per heavy atom. The molecule has 2 aliphatic heterocycles. The van der Waals surface area contributed by atoms with Gasteiger partial charge in [0.05, 0.1) is 4.75 Å². The summed E-state index contributed by atoms with van der Waals surface area (Å²) < 4.78 is 44.8. The highest BCUT2D eigenvalue weighted by Gasteiger charge is 2.74. The number of methoxy groups -OCH3 is 1. The Kier molecular flexibility index (Phi) is 7.47. The van der Waals surface area contributed by atoms with Crippen LogP contribution in [0.25, 0.3) is 0 Å². The second-order valence-electron chi connectivity index (χ2n) is 9.07. The van der Waals surface area contributed by atoms with Crippen LogP contribution in [-0.2, 0) is 40.6 Å². The number of nitrogens with one attached hydrogen (secondary N) is 1. The van der Waals surface area contributed by atoms with Gasteiger partial charge in [0.15, 0.2) is 5.25 Å². The number of amides is 2. The van der Waals surface area contributed by atoms with Gasteiger partial charge in [0, 0.05) is 11.6 Å². The lowest BCUT2D eigenvalue weighted by Gasteiger charge is -2.49. The number of halogens is 1. The predicted molar refractivity (Wildman–Crippen MR) is 139 cm³/mol. The number of rotatable bonds is 8. The quantitative estimate of drug-likeness (QED) is 0.261. The molecule has 2 heterocycles. The highest BCUT2D eigenvalue weighted by Crippen LogP contribution is 2.57. The van der Waals surface area contributed by atoms with Gasteiger partial charge in [0.2, 0.25) is 5.91 Å². The van der Waals surface area contributed by atoms with Crippen LogP contribution in [0.5, 0.6) is 0 Å². The van der Waals surface area contributed by atoms with Crippen molar-refractivity contribution in [3.63, 3.8) is 0 Å². The number of ether oxygens (including phenoxy) is 2. The summed E-state index contributed by atoms with van der Waals surface area (Å²) in [6.45, 7) is 3.41. The van der Waals surface area contributed by atoms with Gasteiger partial charge in [-0.05, 0) is 37.1 Å². The monoisotopic (exact) mass is 612 g/mol. The first kappa shape index (κ1) is 27.6. The molecule has 2 aliphatic rings. The molecule has 4 atom stereocenters. The number of thioether (sulfide) groups is 1. The van der Waals surface area contributed by atoms with Gasteiger partial charge in [-0.1, -0.05) is 58.4 Å². The predicted octanol–water partition coefficient (Wildman–Crippen LogP) is 2.64. The minimum Gasteiger partial charge on any atom is -0.457 e. The van der Waals surface area contributed by atoms with Crippen molar-refractivity contribution in [1.29, 1.82) is 0 Å². The van der Waals surface area contributed by atoms with E-state index in [9.17, 15) is 27.4 Å². The van der Waals surface area contributed by atoms with E-state index in [1.54, 1.807) is 38.1 Å². The molecule has 198 valence electrons. The number of carbonyl (C=O) groups excluding carboxylic acids is 3. The van der Waals surface area contributed by atoms with E-state index in [0.717, 1.165) is 5.56 Å². The lowest BCUT2D eigenvalue weighted by Crippen LogP contribution is -2.76. The number of fused-ring (bicyclic) bond motifs is 1. The molecule has 0 bridgehead atoms. The van der Waals surface area contributed by atoms with Gasteiger partial charge in [0.25, 0.3) is 21.8 Å². The molecule has 2 fully saturated rings. The Hall–Kier alpha value is -2.45. The topological polar surface area (TPSA) is 139 Å². The largest absolute Gasteiger partial charge is 0.457 e. The number of benzene rings is 2. The zero-order chi connectivity index (χ0) is 27.2. The van der Waals surface area contributed by atoms with E-state index in [0.29, 0.717) is 4.47 Å². The van der Waals surface area contributed by atoms with Crippen molar-refractivity contribution >= 4 is 55.6 Å². The van der Waals surface area contributed by atoms with Crippen molar-refractivity contribution < 1.29 is 36.8 Å². The normalized spacial score (nSPS) is 25.1. The van der Waals surface area contributed by atoms with Crippen LogP contribution in [0, 0.1) is 0 Å². The third-order valence-electron chi connectivity index (χ3n) is 6.41. The Bertz CT molecular complexity index is 1320. The average Bonchev–Trinajstić information content (AvgIpc) is 3.06. The Morgan fingerprint density at radius 2 is 1.78 bits per heavy atom. The summed E-state index contributed by atoms with van der Waals surface area (Å²) in [5.41, 5.74) is -0.989. The molecule has 4 rings (SSSR count). The summed E-state index contributed by atoms with van der Waals surface area (Å²) in [6, 6.07) is 13.7. The maximum Gasteiger partial charge on any atom is 0.361 e. The maximum absolute atomic E-state index is 13.3. The molecule has 0 aromatic heterocycles. The molecule has 13 heteroatoms. The van der Waals surface area contributed by atoms with E-state index in [4.69, 9.17) is 9.47 Å². The number of esters is 1. The van der Waals surface area contributed by atoms with Crippen molar-refractivity contribution in [2.75, 3.05) is 7.11 Å². The number of β-lactam (4-membered cyclic amide) rings is 1. The first-order valence-electron chi connectivity index (χ1n) is 11.1. The molecule has 0 aliphatic carbocycles. The van der Waals surface area contributed by atoms with Crippen molar-refractivity contribution in [2.45, 2.75) is 47.6 Å². The summed E-state index contributed by atoms with van der Waals surface area (Å²) in [5, 5.41) is -0.229. The molecule has 2 N–H and O–H groups in total. The van der Waals surface area contributed by atoms with Crippen molar-refractivity contribution in [1.82, 2.24) is 10.2 Å². The van der Waals surface area contributed by atoms with Crippen LogP contribution in [0.1, 0.15) is 30.2 Å². The fraction of sp³-hybridized carbons (Fsp3) is 0.375. The Morgan fingerprint density at radius 1 is 1.16 bits per heavy atom. The van der Waals surface area contributed by atoms with Gasteiger partial charge in [-0.15, -0.1) is 11.8 Å². The summed E-state index contributed by atoms with van der Waals surface area (Å²) in [5.74, 6) is -2.47. The Balaban J connectivity index is 1.55. The fourth-order valence-electron chi connectivity index (χ4n) is 4.64. The summed E-state index contributed by atoms with van der Waals surface area (Å²) >= 11 is 4.45. The highest BCUT2D eigenvalue weighted by molar-refractivity contribution is 9.10. The zero-order valence-electron chi connectivity index (χ0n) is 20.1. The van der Waals surface area contributed by atoms with Gasteiger partial charge >= 0.3 is 5.97 Å². The molecule has 10 nitrogen and oxygen atoms in total. The van der Waals surface area contributed by atoms with E-state index in [2.05, 4.69) is 21.2 Å². The molecule has 0 radical (unpaired) electrons. The maximum atomic E-state index is 13.3. The standard InChI is InChI=1S/C24H25BrN2O8S2/c1-23(2)24(34-3,22(30)35-13-14-7-5-4-6-8-14)27-20(29)17(21(27)36-23)26-19(28)18(37(31,32)33)15-9-11-16(25)12-10-15/h4-12,17-18,21H,13H2,1-3H3,(H,26,28)(H,31,32,33)/t17-,18+,21+,24+/m0/s1. The average molecular weight is 614 g/mol. The number of hydrogen-bond acceptors (Lipinski definition) is 8. The molecule has 0 saturated carbocycles. The van der Waals surface area contributed by atoms with Gasteiger partial charge in [-0.25, -0.2) is 4.79 Å². The summed E-state index contributed by atoms with van der Waals surface area (Å²) in [6.07, 6.45) is 0. The van der Waals surface area contributed by atoms with Gasteiger partial charge in [0.1, 0.15) is 18.0 Å². The van der Waals surface area contributed by atoms with Crippen LogP contribution in [0.3, 0.4) is 0 Å². The van der Waals surface area contributed by atoms with Crippen LogP contribution in [0.4, 0.5) is 0 Å². The fourth-order valence-corrected chi connectivity index (χ4v) is 7.45. The van der Waals surface area contributed by atoms with E-state index >= 15 is 0 Å². The van der Waals surface area contributed by atoms with Crippen molar-refractivity contribution in [2.24, 2.45) is 0 Å². The number of hydrogen-bond donors (Lipinski definition) is 2. The van der Waals surface area contributed by atoms with E-state index in [-0.39, 0.29) is 12.2 Å². The van der Waals surface area contributed by atoms with Crippen molar-refractivity contribution in [3.05, 3.63) is 70.2 Å². The van der Waals surface area contributed by atoms with Crippen LogP contribution in [0.15, 0.2) is 59.1 Å². The molecule has 2 aromatic carbocycles. The second-order valence-corrected chi connectivity index (χ2v) is 13.2. The number of carbonyl (C=O) groups is 3. The SMILES string of the molecule is CO[C@@]1(C(=O)OCc2ccccc2)N2C(=O)[C@H](NC(=O)[C@@H](c3ccc(Br)cc3)S(=O)(=O)O)[C@H]2SC1(C)C. The third kappa shape index (κ3) is 4.78. The summed E-state index contributed by atoms with van der Waals surface area (Å²) in [7, 11) is -3.55. The minimum atomic E-state index is -4.85. The van der Waals surface area contributed by atoms with Crippen LogP contribution >= 0.6 is 27.7 Å². The Labute approximate surface area is 226 Å². The third-order valence-corrected chi connectivity index (χ3v) is 9.61. The van der Waals surface area contributed by atoms with E-state index in [1.807, 2.05) is 6.07 Å². The number of nitrogens with zero attached hydrogens (tertiary/aromatic N) is 1. The minimum absolute atomic E-state index is 0.0262. The molecule has 37 heavy (non-hydrogen) atoms. The van der Waals surface area contributed by atoms with Crippen LogP contribution < -0.4 is 5.32 Å². The van der Waals surface area contributed by atoms with Crippen LogP contribution in [-0.4, -0.2) is 64.7 Å². The molecule has 2 aromatic rings. The molecular formula is C24H25BrN2O8S2. The molecule has 2 amide bonds. The molecule has 2 saturated heterocycles. The van der Waals surface area contributed by atoms with E-state index < -0.39 is 55.0 Å².